The maximum atomic E-state index is 12.3. The van der Waals surface area contributed by atoms with Crippen LogP contribution in [-0.2, 0) is 4.79 Å². The fourth-order valence-corrected chi connectivity index (χ4v) is 3.59. The van der Waals surface area contributed by atoms with Gasteiger partial charge in [0.25, 0.3) is 0 Å². The summed E-state index contributed by atoms with van der Waals surface area (Å²) in [5.41, 5.74) is 0.0491. The van der Waals surface area contributed by atoms with Crippen LogP contribution in [-0.4, -0.2) is 25.0 Å². The highest BCUT2D eigenvalue weighted by Crippen LogP contribution is 2.30. The minimum Gasteiger partial charge on any atom is -0.356 e. The van der Waals surface area contributed by atoms with Crippen molar-refractivity contribution in [2.24, 2.45) is 17.8 Å². The molecule has 20 heavy (non-hydrogen) atoms. The van der Waals surface area contributed by atoms with Gasteiger partial charge in [-0.2, -0.15) is 0 Å². The molecule has 0 aromatic carbocycles. The molecule has 1 fully saturated rings. The van der Waals surface area contributed by atoms with Crippen molar-refractivity contribution in [2.45, 2.75) is 71.8 Å². The Kier molecular flexibility index (Phi) is 7.01. The number of nitrogens with one attached hydrogen (secondary N) is 2. The van der Waals surface area contributed by atoms with Crippen molar-refractivity contribution in [2.75, 3.05) is 13.6 Å². The van der Waals surface area contributed by atoms with Gasteiger partial charge in [0.05, 0.1) is 0 Å². The van der Waals surface area contributed by atoms with E-state index in [2.05, 4.69) is 38.3 Å². The Hall–Kier alpha value is -0.570. The quantitative estimate of drug-likeness (QED) is 0.752. The summed E-state index contributed by atoms with van der Waals surface area (Å²) >= 11 is 0. The SMILES string of the molecule is CNC1(CC(=O)NCC(C(C)C)C(C)C)CCCCC1. The molecule has 1 saturated carbocycles. The van der Waals surface area contributed by atoms with E-state index in [0.717, 1.165) is 19.4 Å². The standard InChI is InChI=1S/C17H34N2O/c1-13(2)15(14(3)4)12-19-16(20)11-17(18-5)9-7-6-8-10-17/h13-15,18H,6-12H2,1-5H3,(H,19,20). The topological polar surface area (TPSA) is 41.1 Å². The first-order chi connectivity index (χ1) is 9.40. The molecule has 0 saturated heterocycles. The fraction of sp³-hybridized carbons (Fsp3) is 0.941. The minimum absolute atomic E-state index is 0.0491. The van der Waals surface area contributed by atoms with E-state index < -0.39 is 0 Å². The summed E-state index contributed by atoms with van der Waals surface area (Å²) in [6.07, 6.45) is 6.70. The Balaban J connectivity index is 2.46. The Morgan fingerprint density at radius 2 is 1.60 bits per heavy atom. The van der Waals surface area contributed by atoms with Crippen LogP contribution in [0.25, 0.3) is 0 Å². The largest absolute Gasteiger partial charge is 0.356 e. The van der Waals surface area contributed by atoms with Gasteiger partial charge in [0.2, 0.25) is 5.91 Å². The average Bonchev–Trinajstić information content (AvgIpc) is 2.39. The van der Waals surface area contributed by atoms with Crippen molar-refractivity contribution >= 4 is 5.91 Å². The third-order valence-electron chi connectivity index (χ3n) is 5.09. The first kappa shape index (κ1) is 17.5. The molecule has 1 rings (SSSR count). The molecule has 0 bridgehead atoms. The second kappa shape index (κ2) is 8.02. The van der Waals surface area contributed by atoms with Gasteiger partial charge in [-0.1, -0.05) is 47.0 Å². The van der Waals surface area contributed by atoms with Crippen LogP contribution in [0.15, 0.2) is 0 Å². The normalized spacial score (nSPS) is 18.8. The first-order valence-electron chi connectivity index (χ1n) is 8.36. The number of hydrogen-bond donors (Lipinski definition) is 2. The average molecular weight is 282 g/mol. The molecule has 0 radical (unpaired) electrons. The Bertz CT molecular complexity index is 285. The van der Waals surface area contributed by atoms with Crippen molar-refractivity contribution in [1.82, 2.24) is 10.6 Å². The maximum absolute atomic E-state index is 12.3. The highest BCUT2D eigenvalue weighted by Gasteiger charge is 2.32. The molecule has 3 heteroatoms. The van der Waals surface area contributed by atoms with E-state index in [4.69, 9.17) is 0 Å². The van der Waals surface area contributed by atoms with Gasteiger partial charge in [-0.05, 0) is 37.6 Å². The number of hydrogen-bond acceptors (Lipinski definition) is 2. The van der Waals surface area contributed by atoms with Crippen LogP contribution in [0, 0.1) is 17.8 Å². The van der Waals surface area contributed by atoms with Gasteiger partial charge >= 0.3 is 0 Å². The van der Waals surface area contributed by atoms with E-state index in [1.807, 2.05) is 7.05 Å². The molecule has 0 unspecified atom stereocenters. The van der Waals surface area contributed by atoms with Gasteiger partial charge < -0.3 is 10.6 Å². The van der Waals surface area contributed by atoms with Gasteiger partial charge in [0, 0.05) is 18.5 Å². The van der Waals surface area contributed by atoms with Crippen molar-refractivity contribution in [3.63, 3.8) is 0 Å². The molecule has 1 aliphatic rings. The lowest BCUT2D eigenvalue weighted by Crippen LogP contribution is -2.48. The summed E-state index contributed by atoms with van der Waals surface area (Å²) in [7, 11) is 2.00. The zero-order valence-corrected chi connectivity index (χ0v) is 14.1. The predicted molar refractivity (Wildman–Crippen MR) is 85.7 cm³/mol. The molecule has 0 heterocycles. The number of amides is 1. The lowest BCUT2D eigenvalue weighted by Gasteiger charge is -2.37. The Morgan fingerprint density at radius 3 is 2.05 bits per heavy atom. The molecule has 0 aliphatic heterocycles. The highest BCUT2D eigenvalue weighted by atomic mass is 16.1. The predicted octanol–water partition coefficient (Wildman–Crippen LogP) is 3.34. The zero-order valence-electron chi connectivity index (χ0n) is 14.1. The summed E-state index contributed by atoms with van der Waals surface area (Å²) in [5, 5.41) is 6.59. The molecular weight excluding hydrogens is 248 g/mol. The molecule has 1 aliphatic carbocycles. The second-order valence-electron chi connectivity index (χ2n) is 7.22. The van der Waals surface area contributed by atoms with Crippen LogP contribution in [0.3, 0.4) is 0 Å². The molecule has 2 N–H and O–H groups in total. The van der Waals surface area contributed by atoms with Gasteiger partial charge in [0.15, 0.2) is 0 Å². The first-order valence-corrected chi connectivity index (χ1v) is 8.36. The molecule has 1 amide bonds. The van der Waals surface area contributed by atoms with Gasteiger partial charge in [0.1, 0.15) is 0 Å². The van der Waals surface area contributed by atoms with E-state index in [9.17, 15) is 4.79 Å². The minimum atomic E-state index is 0.0491. The van der Waals surface area contributed by atoms with E-state index in [0.29, 0.717) is 24.2 Å². The van der Waals surface area contributed by atoms with E-state index in [-0.39, 0.29) is 11.4 Å². The Morgan fingerprint density at radius 1 is 1.05 bits per heavy atom. The molecule has 118 valence electrons. The van der Waals surface area contributed by atoms with E-state index in [1.165, 1.54) is 19.3 Å². The van der Waals surface area contributed by atoms with Crippen LogP contribution in [0.4, 0.5) is 0 Å². The summed E-state index contributed by atoms with van der Waals surface area (Å²) in [6, 6.07) is 0. The van der Waals surface area contributed by atoms with Crippen molar-refractivity contribution in [1.29, 1.82) is 0 Å². The van der Waals surface area contributed by atoms with E-state index >= 15 is 0 Å². The molecule has 0 atom stereocenters. The van der Waals surface area contributed by atoms with Crippen molar-refractivity contribution in [3.05, 3.63) is 0 Å². The lowest BCUT2D eigenvalue weighted by atomic mass is 9.79. The number of carbonyl (C=O) groups is 1. The zero-order chi connectivity index (χ0) is 15.2. The number of rotatable bonds is 7. The molecule has 3 nitrogen and oxygen atoms in total. The third kappa shape index (κ3) is 5.08. The van der Waals surface area contributed by atoms with Crippen LogP contribution in [0.5, 0.6) is 0 Å². The van der Waals surface area contributed by atoms with Crippen LogP contribution >= 0.6 is 0 Å². The lowest BCUT2D eigenvalue weighted by molar-refractivity contribution is -0.123. The van der Waals surface area contributed by atoms with Crippen molar-refractivity contribution in [3.8, 4) is 0 Å². The smallest absolute Gasteiger partial charge is 0.221 e. The maximum Gasteiger partial charge on any atom is 0.221 e. The fourth-order valence-electron chi connectivity index (χ4n) is 3.59. The van der Waals surface area contributed by atoms with E-state index in [1.54, 1.807) is 0 Å². The molecule has 0 spiro atoms. The number of carbonyl (C=O) groups excluding carboxylic acids is 1. The molecule has 0 aromatic rings. The van der Waals surface area contributed by atoms with Crippen LogP contribution in [0.1, 0.15) is 66.2 Å². The van der Waals surface area contributed by atoms with Gasteiger partial charge in [-0.15, -0.1) is 0 Å². The molecule has 0 aromatic heterocycles. The Labute approximate surface area is 125 Å². The monoisotopic (exact) mass is 282 g/mol. The summed E-state index contributed by atoms with van der Waals surface area (Å²) < 4.78 is 0. The third-order valence-corrected chi connectivity index (χ3v) is 5.09. The summed E-state index contributed by atoms with van der Waals surface area (Å²) in [5.74, 6) is 2.01. The highest BCUT2D eigenvalue weighted by molar-refractivity contribution is 5.77. The van der Waals surface area contributed by atoms with Crippen LogP contribution < -0.4 is 10.6 Å². The second-order valence-corrected chi connectivity index (χ2v) is 7.22. The molecular formula is C17H34N2O. The van der Waals surface area contributed by atoms with Crippen molar-refractivity contribution < 1.29 is 4.79 Å². The van der Waals surface area contributed by atoms with Gasteiger partial charge in [-0.3, -0.25) is 4.79 Å². The summed E-state index contributed by atoms with van der Waals surface area (Å²) in [6.45, 7) is 9.79. The summed E-state index contributed by atoms with van der Waals surface area (Å²) in [4.78, 5) is 12.3. The van der Waals surface area contributed by atoms with Gasteiger partial charge in [-0.25, -0.2) is 0 Å². The van der Waals surface area contributed by atoms with Crippen LogP contribution in [0.2, 0.25) is 0 Å².